The topological polar surface area (TPSA) is 38.8 Å². The minimum Gasteiger partial charge on any atom is -0.372 e. The highest BCUT2D eigenvalue weighted by molar-refractivity contribution is 5.75. The van der Waals surface area contributed by atoms with Gasteiger partial charge in [-0.3, -0.25) is 4.79 Å². The van der Waals surface area contributed by atoms with Crippen LogP contribution in [-0.2, 0) is 9.47 Å². The molecule has 1 unspecified atom stereocenters. The molecule has 0 aliphatic carbocycles. The Hall–Kier alpha value is -1.39. The van der Waals surface area contributed by atoms with E-state index in [-0.39, 0.29) is 6.29 Å². The molecule has 0 amide bonds. The number of ether oxygens (including phenoxy) is 2. The summed E-state index contributed by atoms with van der Waals surface area (Å²) in [5.74, 6) is 0. The lowest BCUT2D eigenvalue weighted by molar-refractivity contribution is -0.162. The maximum atomic E-state index is 10.7. The van der Waals surface area contributed by atoms with Crippen molar-refractivity contribution in [3.8, 4) is 0 Å². The van der Waals surface area contributed by atoms with Crippen LogP contribution in [0.3, 0.4) is 0 Å². The molecule has 128 valence electrons. The summed E-state index contributed by atoms with van der Waals surface area (Å²) in [4.78, 5) is 13.1. The van der Waals surface area contributed by atoms with E-state index in [0.717, 1.165) is 63.8 Å². The SMILES string of the molecule is CCN(CCCCCOC1CCCCO1)c1ccc(C=O)cc1. The van der Waals surface area contributed by atoms with Crippen LogP contribution in [-0.4, -0.2) is 38.9 Å². The Bertz CT molecular complexity index is 440. The highest BCUT2D eigenvalue weighted by atomic mass is 16.7. The molecule has 1 aromatic carbocycles. The van der Waals surface area contributed by atoms with Crippen LogP contribution in [0.15, 0.2) is 24.3 Å². The fraction of sp³-hybridized carbons (Fsp3) is 0.632. The fourth-order valence-corrected chi connectivity index (χ4v) is 2.87. The smallest absolute Gasteiger partial charge is 0.157 e. The molecule has 1 saturated heterocycles. The molecular weight excluding hydrogens is 290 g/mol. The lowest BCUT2D eigenvalue weighted by atomic mass is 10.2. The number of carbonyl (C=O) groups is 1. The third-order valence-corrected chi connectivity index (χ3v) is 4.29. The summed E-state index contributed by atoms with van der Waals surface area (Å²) < 4.78 is 11.3. The highest BCUT2D eigenvalue weighted by Crippen LogP contribution is 2.16. The van der Waals surface area contributed by atoms with Crippen LogP contribution < -0.4 is 4.90 Å². The van der Waals surface area contributed by atoms with Crippen molar-refractivity contribution in [1.29, 1.82) is 0 Å². The Morgan fingerprint density at radius 2 is 2.04 bits per heavy atom. The third-order valence-electron chi connectivity index (χ3n) is 4.29. The fourth-order valence-electron chi connectivity index (χ4n) is 2.87. The van der Waals surface area contributed by atoms with Crippen molar-refractivity contribution in [1.82, 2.24) is 0 Å². The van der Waals surface area contributed by atoms with E-state index in [1.54, 1.807) is 0 Å². The van der Waals surface area contributed by atoms with Gasteiger partial charge in [0.1, 0.15) is 6.29 Å². The van der Waals surface area contributed by atoms with E-state index < -0.39 is 0 Å². The van der Waals surface area contributed by atoms with Gasteiger partial charge in [0.15, 0.2) is 6.29 Å². The van der Waals surface area contributed by atoms with E-state index in [1.165, 1.54) is 18.5 Å². The minimum atomic E-state index is 0.0345. The number of unbranched alkanes of at least 4 members (excludes halogenated alkanes) is 2. The Morgan fingerprint density at radius 1 is 1.22 bits per heavy atom. The molecule has 0 radical (unpaired) electrons. The minimum absolute atomic E-state index is 0.0345. The largest absolute Gasteiger partial charge is 0.372 e. The number of hydrogen-bond donors (Lipinski definition) is 0. The van der Waals surface area contributed by atoms with Gasteiger partial charge in [0.2, 0.25) is 0 Å². The van der Waals surface area contributed by atoms with Gasteiger partial charge in [-0.15, -0.1) is 0 Å². The van der Waals surface area contributed by atoms with Gasteiger partial charge in [0.05, 0.1) is 0 Å². The van der Waals surface area contributed by atoms with Crippen molar-refractivity contribution in [3.05, 3.63) is 29.8 Å². The first kappa shape index (κ1) is 18.0. The quantitative estimate of drug-likeness (QED) is 0.482. The molecule has 4 nitrogen and oxygen atoms in total. The average Bonchev–Trinajstić information content (AvgIpc) is 2.62. The number of carbonyl (C=O) groups excluding carboxylic acids is 1. The zero-order valence-electron chi connectivity index (χ0n) is 14.2. The molecule has 1 atom stereocenters. The molecule has 1 fully saturated rings. The first-order chi connectivity index (χ1) is 11.3. The zero-order chi connectivity index (χ0) is 16.3. The molecule has 23 heavy (non-hydrogen) atoms. The standard InChI is InChI=1S/C19H29NO3/c1-2-20(18-11-9-17(16-21)10-12-18)13-5-3-6-14-22-19-8-4-7-15-23-19/h9-12,16,19H,2-8,13-15H2,1H3. The molecule has 0 N–H and O–H groups in total. The van der Waals surface area contributed by atoms with Gasteiger partial charge in [-0.2, -0.15) is 0 Å². The predicted molar refractivity (Wildman–Crippen MR) is 93.1 cm³/mol. The first-order valence-corrected chi connectivity index (χ1v) is 8.87. The molecule has 1 aliphatic heterocycles. The van der Waals surface area contributed by atoms with Crippen LogP contribution in [0, 0.1) is 0 Å². The number of hydrogen-bond acceptors (Lipinski definition) is 4. The summed E-state index contributed by atoms with van der Waals surface area (Å²) in [7, 11) is 0. The van der Waals surface area contributed by atoms with Crippen LogP contribution in [0.25, 0.3) is 0 Å². The monoisotopic (exact) mass is 319 g/mol. The Kier molecular flexibility index (Phi) is 8.12. The van der Waals surface area contributed by atoms with Gasteiger partial charge >= 0.3 is 0 Å². The number of rotatable bonds is 10. The Balaban J connectivity index is 1.60. The number of anilines is 1. The summed E-state index contributed by atoms with van der Waals surface area (Å²) in [6.07, 6.45) is 7.75. The van der Waals surface area contributed by atoms with Gasteiger partial charge < -0.3 is 14.4 Å². The Labute approximate surface area is 139 Å². The van der Waals surface area contributed by atoms with Crippen LogP contribution in [0.2, 0.25) is 0 Å². The van der Waals surface area contributed by atoms with Crippen molar-refractivity contribution in [2.45, 2.75) is 51.7 Å². The molecule has 4 heteroatoms. The normalized spacial score (nSPS) is 17.9. The molecule has 1 heterocycles. The average molecular weight is 319 g/mol. The molecule has 1 aliphatic rings. The molecule has 0 saturated carbocycles. The molecule has 1 aromatic rings. The second-order valence-electron chi connectivity index (χ2n) is 6.02. The second-order valence-corrected chi connectivity index (χ2v) is 6.02. The summed E-state index contributed by atoms with van der Waals surface area (Å²) >= 11 is 0. The summed E-state index contributed by atoms with van der Waals surface area (Å²) in [5, 5.41) is 0. The Morgan fingerprint density at radius 3 is 2.70 bits per heavy atom. The number of nitrogens with zero attached hydrogens (tertiary/aromatic N) is 1. The van der Waals surface area contributed by atoms with E-state index in [1.807, 2.05) is 24.3 Å². The summed E-state index contributed by atoms with van der Waals surface area (Å²) in [5.41, 5.74) is 1.91. The van der Waals surface area contributed by atoms with E-state index in [0.29, 0.717) is 0 Å². The van der Waals surface area contributed by atoms with Crippen molar-refractivity contribution in [2.75, 3.05) is 31.2 Å². The maximum Gasteiger partial charge on any atom is 0.157 e. The van der Waals surface area contributed by atoms with E-state index in [4.69, 9.17) is 9.47 Å². The van der Waals surface area contributed by atoms with Gasteiger partial charge in [0, 0.05) is 37.6 Å². The summed E-state index contributed by atoms with van der Waals surface area (Å²) in [6.45, 7) is 5.82. The molecule has 2 rings (SSSR count). The lowest BCUT2D eigenvalue weighted by Crippen LogP contribution is -2.24. The highest BCUT2D eigenvalue weighted by Gasteiger charge is 2.13. The van der Waals surface area contributed by atoms with Gasteiger partial charge in [-0.25, -0.2) is 0 Å². The molecule has 0 spiro atoms. The summed E-state index contributed by atoms with van der Waals surface area (Å²) in [6, 6.07) is 7.81. The second kappa shape index (κ2) is 10.4. The zero-order valence-corrected chi connectivity index (χ0v) is 14.2. The third kappa shape index (κ3) is 6.32. The molecular formula is C19H29NO3. The maximum absolute atomic E-state index is 10.7. The van der Waals surface area contributed by atoms with Crippen molar-refractivity contribution in [2.24, 2.45) is 0 Å². The van der Waals surface area contributed by atoms with Gasteiger partial charge in [0.25, 0.3) is 0 Å². The van der Waals surface area contributed by atoms with Crippen LogP contribution in [0.4, 0.5) is 5.69 Å². The molecule has 0 bridgehead atoms. The van der Waals surface area contributed by atoms with Crippen LogP contribution in [0.1, 0.15) is 55.8 Å². The molecule has 0 aromatic heterocycles. The van der Waals surface area contributed by atoms with Crippen LogP contribution in [0.5, 0.6) is 0 Å². The van der Waals surface area contributed by atoms with Gasteiger partial charge in [-0.05, 0) is 69.7 Å². The first-order valence-electron chi connectivity index (χ1n) is 8.87. The van der Waals surface area contributed by atoms with Crippen molar-refractivity contribution < 1.29 is 14.3 Å². The van der Waals surface area contributed by atoms with E-state index >= 15 is 0 Å². The predicted octanol–water partition coefficient (Wildman–Crippen LogP) is 4.04. The van der Waals surface area contributed by atoms with Crippen LogP contribution >= 0.6 is 0 Å². The number of benzene rings is 1. The van der Waals surface area contributed by atoms with Crippen molar-refractivity contribution >= 4 is 12.0 Å². The van der Waals surface area contributed by atoms with Gasteiger partial charge in [-0.1, -0.05) is 0 Å². The van der Waals surface area contributed by atoms with E-state index in [9.17, 15) is 4.79 Å². The number of aldehydes is 1. The van der Waals surface area contributed by atoms with Crippen molar-refractivity contribution in [3.63, 3.8) is 0 Å². The lowest BCUT2D eigenvalue weighted by Gasteiger charge is -2.24. The van der Waals surface area contributed by atoms with E-state index in [2.05, 4.69) is 11.8 Å².